The zero-order valence-corrected chi connectivity index (χ0v) is 20.4. The third kappa shape index (κ3) is 13.6. The Kier molecular flexibility index (Phi) is 15.3. The number of thiol groups is 1. The number of nitrogens with two attached hydrogens (primary N) is 1. The van der Waals surface area contributed by atoms with Crippen molar-refractivity contribution in [2.45, 2.75) is 58.0 Å². The standard InChI is InChI=1S/C18H32IN5O5S/c1-11(2)15(24-13(25)7-3-4-8-21-14(26)10-19)16(27)23-12(17(28)30)6-5-9-22-18(20)29/h11-12,15H,3-10H2,1-2H3,(H,21,26)(H,23,27)(H,24,25)(H,28,30)(H3,20,22,29)/t12-,15-/m0/s1. The molecule has 0 aromatic rings. The highest BCUT2D eigenvalue weighted by molar-refractivity contribution is 14.1. The molecule has 0 aromatic carbocycles. The summed E-state index contributed by atoms with van der Waals surface area (Å²) in [5.74, 6) is -0.981. The minimum absolute atomic E-state index is 0.0460. The molecule has 0 bridgehead atoms. The number of amides is 5. The summed E-state index contributed by atoms with van der Waals surface area (Å²) >= 11 is 5.78. The fourth-order valence-corrected chi connectivity index (χ4v) is 2.97. The maximum Gasteiger partial charge on any atom is 0.312 e. The van der Waals surface area contributed by atoms with Crippen LogP contribution in [0.1, 0.15) is 46.0 Å². The highest BCUT2D eigenvalue weighted by Gasteiger charge is 2.27. The summed E-state index contributed by atoms with van der Waals surface area (Å²) in [5, 5.41) is 9.95. The van der Waals surface area contributed by atoms with Crippen molar-refractivity contribution in [1.29, 1.82) is 0 Å². The van der Waals surface area contributed by atoms with Crippen molar-refractivity contribution >= 4 is 64.1 Å². The minimum atomic E-state index is -0.838. The van der Waals surface area contributed by atoms with E-state index in [1.165, 1.54) is 0 Å². The van der Waals surface area contributed by atoms with Gasteiger partial charge in [-0.15, -0.1) is 12.6 Å². The van der Waals surface area contributed by atoms with Crippen LogP contribution in [-0.2, 0) is 19.2 Å². The molecule has 0 saturated carbocycles. The smallest absolute Gasteiger partial charge is 0.312 e. The van der Waals surface area contributed by atoms with Gasteiger partial charge in [-0.05, 0) is 31.6 Å². The monoisotopic (exact) mass is 557 g/mol. The van der Waals surface area contributed by atoms with Gasteiger partial charge in [-0.3, -0.25) is 19.2 Å². The molecule has 0 rings (SSSR count). The van der Waals surface area contributed by atoms with Crippen LogP contribution in [0.2, 0.25) is 0 Å². The normalized spacial score (nSPS) is 12.6. The van der Waals surface area contributed by atoms with Gasteiger partial charge in [-0.2, -0.15) is 0 Å². The summed E-state index contributed by atoms with van der Waals surface area (Å²) in [6.45, 7) is 4.35. The third-order valence-electron chi connectivity index (χ3n) is 4.12. The Hall–Kier alpha value is -1.57. The zero-order chi connectivity index (χ0) is 23.1. The molecular weight excluding hydrogens is 525 g/mol. The number of carbonyl (C=O) groups is 5. The predicted molar refractivity (Wildman–Crippen MR) is 125 cm³/mol. The lowest BCUT2D eigenvalue weighted by Crippen LogP contribution is -2.53. The molecule has 172 valence electrons. The average molecular weight is 557 g/mol. The molecule has 0 radical (unpaired) electrons. The Morgan fingerprint density at radius 1 is 0.933 bits per heavy atom. The van der Waals surface area contributed by atoms with E-state index in [-0.39, 0.29) is 37.1 Å². The van der Waals surface area contributed by atoms with E-state index < -0.39 is 29.1 Å². The van der Waals surface area contributed by atoms with Crippen molar-refractivity contribution in [2.24, 2.45) is 11.7 Å². The van der Waals surface area contributed by atoms with Gasteiger partial charge in [-0.1, -0.05) is 36.4 Å². The van der Waals surface area contributed by atoms with Crippen molar-refractivity contribution in [3.8, 4) is 0 Å². The molecule has 10 nitrogen and oxygen atoms in total. The number of hydrogen-bond acceptors (Lipinski definition) is 5. The highest BCUT2D eigenvalue weighted by Crippen LogP contribution is 2.07. The van der Waals surface area contributed by atoms with E-state index in [9.17, 15) is 24.0 Å². The lowest BCUT2D eigenvalue weighted by Gasteiger charge is -2.24. The van der Waals surface area contributed by atoms with E-state index in [1.807, 2.05) is 22.6 Å². The van der Waals surface area contributed by atoms with Gasteiger partial charge in [0.1, 0.15) is 6.04 Å². The van der Waals surface area contributed by atoms with Gasteiger partial charge in [-0.25, -0.2) is 4.79 Å². The summed E-state index contributed by atoms with van der Waals surface area (Å²) in [6.07, 6.45) is 2.15. The molecule has 0 spiro atoms. The van der Waals surface area contributed by atoms with Crippen LogP contribution in [0.15, 0.2) is 0 Å². The van der Waals surface area contributed by atoms with E-state index in [4.69, 9.17) is 5.73 Å². The van der Waals surface area contributed by atoms with Crippen LogP contribution in [0.5, 0.6) is 0 Å². The highest BCUT2D eigenvalue weighted by atomic mass is 127. The lowest BCUT2D eigenvalue weighted by atomic mass is 10.0. The number of primary amides is 1. The second-order valence-electron chi connectivity index (χ2n) is 7.06. The van der Waals surface area contributed by atoms with Gasteiger partial charge in [0.15, 0.2) is 0 Å². The number of nitrogens with one attached hydrogen (secondary N) is 4. The molecule has 0 heterocycles. The van der Waals surface area contributed by atoms with Crippen molar-refractivity contribution in [1.82, 2.24) is 21.3 Å². The first kappa shape index (κ1) is 28.4. The molecular formula is C18H32IN5O5S. The number of carbonyl (C=O) groups excluding carboxylic acids is 5. The molecule has 0 aliphatic rings. The summed E-state index contributed by atoms with van der Waals surface area (Å²) in [6, 6.07) is -2.30. The Bertz CT molecular complexity index is 606. The fraction of sp³-hybridized carbons (Fsp3) is 0.722. The van der Waals surface area contributed by atoms with E-state index in [2.05, 4.69) is 33.9 Å². The SMILES string of the molecule is CC(C)[C@H](NC(=O)CCCCNC(=O)CI)C(=O)N[C@@H](CCCNC(N)=O)C(=O)S. The van der Waals surface area contributed by atoms with Crippen molar-refractivity contribution in [3.63, 3.8) is 0 Å². The maximum absolute atomic E-state index is 12.6. The van der Waals surface area contributed by atoms with Crippen LogP contribution in [0.3, 0.4) is 0 Å². The first-order valence-electron chi connectivity index (χ1n) is 9.77. The van der Waals surface area contributed by atoms with Crippen LogP contribution in [-0.4, -0.2) is 58.5 Å². The van der Waals surface area contributed by atoms with E-state index in [0.29, 0.717) is 30.2 Å². The van der Waals surface area contributed by atoms with Gasteiger partial charge in [0, 0.05) is 19.5 Å². The van der Waals surface area contributed by atoms with Crippen LogP contribution >= 0.6 is 35.2 Å². The summed E-state index contributed by atoms with van der Waals surface area (Å²) in [7, 11) is 0. The predicted octanol–water partition coefficient (Wildman–Crippen LogP) is 0.238. The molecule has 0 unspecified atom stereocenters. The number of urea groups is 1. The number of halogens is 1. The van der Waals surface area contributed by atoms with E-state index in [0.717, 1.165) is 0 Å². The minimum Gasteiger partial charge on any atom is -0.355 e. The molecule has 0 aliphatic heterocycles. The van der Waals surface area contributed by atoms with Crippen LogP contribution in [0, 0.1) is 5.92 Å². The van der Waals surface area contributed by atoms with Gasteiger partial charge >= 0.3 is 6.03 Å². The van der Waals surface area contributed by atoms with Gasteiger partial charge in [0.25, 0.3) is 0 Å². The molecule has 0 aromatic heterocycles. The molecule has 12 heteroatoms. The van der Waals surface area contributed by atoms with Crippen LogP contribution in [0.25, 0.3) is 0 Å². The number of rotatable bonds is 15. The Labute approximate surface area is 196 Å². The average Bonchev–Trinajstić information content (AvgIpc) is 2.66. The number of hydrogen-bond donors (Lipinski definition) is 6. The summed E-state index contributed by atoms with van der Waals surface area (Å²) in [4.78, 5) is 58.4. The topological polar surface area (TPSA) is 159 Å². The van der Waals surface area contributed by atoms with Gasteiger partial charge in [0.2, 0.25) is 22.8 Å². The van der Waals surface area contributed by atoms with Gasteiger partial charge in [0.05, 0.1) is 10.5 Å². The fourth-order valence-electron chi connectivity index (χ4n) is 2.50. The largest absolute Gasteiger partial charge is 0.355 e. The molecule has 2 atom stereocenters. The van der Waals surface area contributed by atoms with Crippen molar-refractivity contribution in [2.75, 3.05) is 17.5 Å². The first-order valence-corrected chi connectivity index (χ1v) is 11.7. The Morgan fingerprint density at radius 3 is 2.10 bits per heavy atom. The lowest BCUT2D eigenvalue weighted by molar-refractivity contribution is -0.131. The molecule has 5 amide bonds. The zero-order valence-electron chi connectivity index (χ0n) is 17.3. The Morgan fingerprint density at radius 2 is 1.57 bits per heavy atom. The molecule has 30 heavy (non-hydrogen) atoms. The van der Waals surface area contributed by atoms with Crippen molar-refractivity contribution < 1.29 is 24.0 Å². The molecule has 0 fully saturated rings. The number of alkyl halides is 1. The van der Waals surface area contributed by atoms with E-state index in [1.54, 1.807) is 13.8 Å². The van der Waals surface area contributed by atoms with E-state index >= 15 is 0 Å². The third-order valence-corrected chi connectivity index (χ3v) is 5.13. The second kappa shape index (κ2) is 16.2. The quantitative estimate of drug-likeness (QED) is 0.0736. The number of unbranched alkanes of at least 4 members (excludes halogenated alkanes) is 1. The maximum atomic E-state index is 12.6. The molecule has 6 N–H and O–H groups in total. The summed E-state index contributed by atoms with van der Waals surface area (Å²) in [5.41, 5.74) is 4.98. The van der Waals surface area contributed by atoms with Crippen molar-refractivity contribution in [3.05, 3.63) is 0 Å². The Balaban J connectivity index is 4.54. The molecule has 0 aliphatic carbocycles. The summed E-state index contributed by atoms with van der Waals surface area (Å²) < 4.78 is 0.390. The van der Waals surface area contributed by atoms with Crippen LogP contribution < -0.4 is 27.0 Å². The van der Waals surface area contributed by atoms with Gasteiger partial charge < -0.3 is 27.0 Å². The second-order valence-corrected chi connectivity index (χ2v) is 8.27. The first-order chi connectivity index (χ1) is 14.1. The molecule has 0 saturated heterocycles. The van der Waals surface area contributed by atoms with Crippen LogP contribution in [0.4, 0.5) is 4.79 Å².